The minimum atomic E-state index is -0.694. The minimum absolute atomic E-state index is 0.209. The summed E-state index contributed by atoms with van der Waals surface area (Å²) in [6.07, 6.45) is 5.12. The van der Waals surface area contributed by atoms with Gasteiger partial charge in [0.05, 0.1) is 8.07 Å². The Balaban J connectivity index is 0.000000191. The average Bonchev–Trinajstić information content (AvgIpc) is 2.43. The lowest BCUT2D eigenvalue weighted by molar-refractivity contribution is 0.0988. The Bertz CT molecular complexity index is 384. The number of benzene rings is 1. The summed E-state index contributed by atoms with van der Waals surface area (Å²) in [6, 6.07) is 10.9. The summed E-state index contributed by atoms with van der Waals surface area (Å²) in [6.45, 7) is 9.40. The van der Waals surface area contributed by atoms with Gasteiger partial charge in [0.25, 0.3) is 0 Å². The number of rotatable bonds is 2. The smallest absolute Gasteiger partial charge is 0.162 e. The van der Waals surface area contributed by atoms with Crippen LogP contribution in [0, 0.1) is 0 Å². The van der Waals surface area contributed by atoms with E-state index in [1.165, 1.54) is 19.3 Å². The number of hydrogen-bond donors (Lipinski definition) is 0. The summed E-state index contributed by atoms with van der Waals surface area (Å²) in [5, 5.41) is 0. The van der Waals surface area contributed by atoms with Crippen LogP contribution in [0.15, 0.2) is 30.3 Å². The molecular formula is C17H28OSi. The molecule has 0 spiro atoms. The predicted octanol–water partition coefficient (Wildman–Crippen LogP) is 5.55. The van der Waals surface area contributed by atoms with E-state index in [-0.39, 0.29) is 5.78 Å². The van der Waals surface area contributed by atoms with Crippen LogP contribution in [0.5, 0.6) is 0 Å². The Morgan fingerprint density at radius 3 is 2.26 bits per heavy atom. The summed E-state index contributed by atoms with van der Waals surface area (Å²) >= 11 is 0. The van der Waals surface area contributed by atoms with Gasteiger partial charge in [0.15, 0.2) is 5.78 Å². The Kier molecular flexibility index (Phi) is 6.50. The zero-order valence-electron chi connectivity index (χ0n) is 12.9. The third kappa shape index (κ3) is 5.31. The number of carbonyl (C=O) groups is 1. The first-order valence-corrected chi connectivity index (χ1v) is 10.8. The lowest BCUT2D eigenvalue weighted by Crippen LogP contribution is -2.33. The van der Waals surface area contributed by atoms with E-state index in [0.717, 1.165) is 11.1 Å². The van der Waals surface area contributed by atoms with E-state index in [1.54, 1.807) is 6.04 Å². The van der Waals surface area contributed by atoms with Gasteiger partial charge in [-0.3, -0.25) is 4.79 Å². The van der Waals surface area contributed by atoms with Crippen molar-refractivity contribution in [3.63, 3.8) is 0 Å². The molecule has 1 nitrogen and oxygen atoms in total. The Labute approximate surface area is 119 Å². The van der Waals surface area contributed by atoms with Crippen LogP contribution in [-0.4, -0.2) is 13.9 Å². The number of hydrogen-bond acceptors (Lipinski definition) is 1. The van der Waals surface area contributed by atoms with Gasteiger partial charge in [-0.25, -0.2) is 0 Å². The molecule has 0 aromatic heterocycles. The second-order valence-corrected chi connectivity index (χ2v) is 11.7. The van der Waals surface area contributed by atoms with Crippen LogP contribution in [0.2, 0.25) is 24.7 Å². The SMILES string of the molecule is CC1CCCC[Si]1(C)C.CCC(=O)c1ccccc1. The lowest BCUT2D eigenvalue weighted by Gasteiger charge is -2.34. The molecule has 1 heterocycles. The van der Waals surface area contributed by atoms with Crippen LogP contribution >= 0.6 is 0 Å². The fourth-order valence-electron chi connectivity index (χ4n) is 2.50. The van der Waals surface area contributed by atoms with Crippen molar-refractivity contribution in [1.29, 1.82) is 0 Å². The van der Waals surface area contributed by atoms with Crippen molar-refractivity contribution in [1.82, 2.24) is 0 Å². The summed E-state index contributed by atoms with van der Waals surface area (Å²) in [7, 11) is -0.694. The number of ketones is 1. The van der Waals surface area contributed by atoms with Gasteiger partial charge in [0.2, 0.25) is 0 Å². The highest BCUT2D eigenvalue weighted by Gasteiger charge is 2.30. The molecule has 1 aromatic rings. The third-order valence-electron chi connectivity index (χ3n) is 4.46. The summed E-state index contributed by atoms with van der Waals surface area (Å²) < 4.78 is 0. The largest absolute Gasteiger partial charge is 0.294 e. The molecule has 2 rings (SSSR count). The molecule has 1 aliphatic heterocycles. The molecule has 0 saturated carbocycles. The molecule has 0 aliphatic carbocycles. The molecule has 0 N–H and O–H groups in total. The first-order valence-electron chi connectivity index (χ1n) is 7.55. The fraction of sp³-hybridized carbons (Fsp3) is 0.588. The summed E-state index contributed by atoms with van der Waals surface area (Å²) in [5.41, 5.74) is 1.90. The van der Waals surface area contributed by atoms with Crippen molar-refractivity contribution < 1.29 is 4.79 Å². The fourth-order valence-corrected chi connectivity index (χ4v) is 5.14. The standard InChI is InChI=1S/C9H10O.C8H18Si/c1-2-9(10)8-6-4-3-5-7-8;1-8-6-4-5-7-9(8,2)3/h3-7H,2H2,1H3;8H,4-7H2,1-3H3. The normalized spacial score (nSPS) is 21.2. The molecule has 106 valence electrons. The summed E-state index contributed by atoms with van der Waals surface area (Å²) in [4.78, 5) is 11.0. The van der Waals surface area contributed by atoms with E-state index < -0.39 is 8.07 Å². The van der Waals surface area contributed by atoms with E-state index >= 15 is 0 Å². The Hall–Kier alpha value is -0.893. The molecule has 1 unspecified atom stereocenters. The zero-order chi connectivity index (χ0) is 14.3. The van der Waals surface area contributed by atoms with Crippen molar-refractivity contribution in [3.8, 4) is 0 Å². The Morgan fingerprint density at radius 1 is 1.21 bits per heavy atom. The van der Waals surface area contributed by atoms with Crippen LogP contribution < -0.4 is 0 Å². The maximum atomic E-state index is 11.0. The van der Waals surface area contributed by atoms with Gasteiger partial charge in [0.1, 0.15) is 0 Å². The highest BCUT2D eigenvalue weighted by molar-refractivity contribution is 6.78. The van der Waals surface area contributed by atoms with Crippen LogP contribution in [-0.2, 0) is 0 Å². The predicted molar refractivity (Wildman–Crippen MR) is 86.6 cm³/mol. The summed E-state index contributed by atoms with van der Waals surface area (Å²) in [5.74, 6) is 0.209. The maximum Gasteiger partial charge on any atom is 0.162 e. The number of carbonyl (C=O) groups excluding carboxylic acids is 1. The van der Waals surface area contributed by atoms with Crippen molar-refractivity contribution >= 4 is 13.9 Å². The first kappa shape index (κ1) is 16.2. The third-order valence-corrected chi connectivity index (χ3v) is 9.06. The van der Waals surface area contributed by atoms with Gasteiger partial charge in [-0.2, -0.15) is 0 Å². The topological polar surface area (TPSA) is 17.1 Å². The zero-order valence-corrected chi connectivity index (χ0v) is 13.9. The molecular weight excluding hydrogens is 248 g/mol. The van der Waals surface area contributed by atoms with Crippen LogP contribution in [0.3, 0.4) is 0 Å². The molecule has 1 aliphatic rings. The van der Waals surface area contributed by atoms with E-state index in [1.807, 2.05) is 37.3 Å². The first-order chi connectivity index (χ1) is 8.97. The minimum Gasteiger partial charge on any atom is -0.294 e. The van der Waals surface area contributed by atoms with Gasteiger partial charge < -0.3 is 0 Å². The van der Waals surface area contributed by atoms with Crippen LogP contribution in [0.25, 0.3) is 0 Å². The molecule has 0 radical (unpaired) electrons. The van der Waals surface area contributed by atoms with Gasteiger partial charge in [0, 0.05) is 12.0 Å². The van der Waals surface area contributed by atoms with Crippen molar-refractivity contribution in [2.24, 2.45) is 0 Å². The Morgan fingerprint density at radius 2 is 1.84 bits per heavy atom. The molecule has 1 aromatic carbocycles. The van der Waals surface area contributed by atoms with Crippen LogP contribution in [0.1, 0.15) is 49.9 Å². The van der Waals surface area contributed by atoms with E-state index in [0.29, 0.717) is 6.42 Å². The van der Waals surface area contributed by atoms with E-state index in [9.17, 15) is 4.79 Å². The highest BCUT2D eigenvalue weighted by Crippen LogP contribution is 2.36. The molecule has 0 amide bonds. The van der Waals surface area contributed by atoms with Crippen LogP contribution in [0.4, 0.5) is 0 Å². The van der Waals surface area contributed by atoms with Gasteiger partial charge >= 0.3 is 0 Å². The monoisotopic (exact) mass is 276 g/mol. The molecule has 19 heavy (non-hydrogen) atoms. The molecule has 1 fully saturated rings. The molecule has 1 saturated heterocycles. The molecule has 2 heteroatoms. The van der Waals surface area contributed by atoms with E-state index in [4.69, 9.17) is 0 Å². The van der Waals surface area contributed by atoms with Crippen molar-refractivity contribution in [2.45, 2.75) is 64.2 Å². The highest BCUT2D eigenvalue weighted by atomic mass is 28.3. The van der Waals surface area contributed by atoms with E-state index in [2.05, 4.69) is 20.0 Å². The second kappa shape index (κ2) is 7.64. The van der Waals surface area contributed by atoms with Gasteiger partial charge in [-0.15, -0.1) is 0 Å². The lowest BCUT2D eigenvalue weighted by atomic mass is 10.1. The average molecular weight is 276 g/mol. The molecule has 1 atom stereocenters. The second-order valence-electron chi connectivity index (χ2n) is 6.28. The van der Waals surface area contributed by atoms with Crippen molar-refractivity contribution in [3.05, 3.63) is 35.9 Å². The molecule has 0 bridgehead atoms. The van der Waals surface area contributed by atoms with Crippen molar-refractivity contribution in [2.75, 3.05) is 0 Å². The quantitative estimate of drug-likeness (QED) is 0.511. The maximum absolute atomic E-state index is 11.0. The number of Topliss-reactive ketones (excluding diaryl/α,β-unsaturated/α-hetero) is 1. The van der Waals surface area contributed by atoms with Gasteiger partial charge in [-0.1, -0.05) is 82.6 Å². The van der Waals surface area contributed by atoms with Gasteiger partial charge in [-0.05, 0) is 5.54 Å².